The summed E-state index contributed by atoms with van der Waals surface area (Å²) in [5.41, 5.74) is 6.12. The molecule has 0 aliphatic heterocycles. The summed E-state index contributed by atoms with van der Waals surface area (Å²) in [6.45, 7) is 3.52. The molecule has 0 saturated heterocycles. The molecular formula is C14H23FN2O2S2. The van der Waals surface area contributed by atoms with Crippen molar-refractivity contribution in [2.45, 2.75) is 37.8 Å². The van der Waals surface area contributed by atoms with Gasteiger partial charge in [-0.25, -0.2) is 12.8 Å². The van der Waals surface area contributed by atoms with Crippen molar-refractivity contribution in [3.63, 3.8) is 0 Å². The smallest absolute Gasteiger partial charge is 0.243 e. The standard InChI is InChI=1S/C14H23FN2O2S2/c1-5-12(9-20-4)17(3)21(18,19)14-7-11(8-16)6-13(15)10(14)2/h6-7,12H,5,8-9,16H2,1-4H3. The lowest BCUT2D eigenvalue weighted by atomic mass is 10.1. The van der Waals surface area contributed by atoms with Crippen molar-refractivity contribution < 1.29 is 12.8 Å². The zero-order valence-electron chi connectivity index (χ0n) is 12.9. The molecule has 2 N–H and O–H groups in total. The molecule has 0 radical (unpaired) electrons. The maximum Gasteiger partial charge on any atom is 0.243 e. The Kier molecular flexibility index (Phi) is 6.65. The Hall–Kier alpha value is -0.630. The first-order chi connectivity index (χ1) is 9.79. The summed E-state index contributed by atoms with van der Waals surface area (Å²) < 4.78 is 40.8. The molecule has 1 atom stereocenters. The maximum absolute atomic E-state index is 13.9. The summed E-state index contributed by atoms with van der Waals surface area (Å²) in [5.74, 6) is 0.160. The van der Waals surface area contributed by atoms with Crippen molar-refractivity contribution in [2.24, 2.45) is 5.73 Å². The van der Waals surface area contributed by atoms with Gasteiger partial charge in [0.1, 0.15) is 5.82 Å². The number of rotatable bonds is 7. The van der Waals surface area contributed by atoms with Crippen molar-refractivity contribution in [3.8, 4) is 0 Å². The number of halogens is 1. The summed E-state index contributed by atoms with van der Waals surface area (Å²) in [6, 6.07) is 2.64. The van der Waals surface area contributed by atoms with Gasteiger partial charge in [-0.1, -0.05) is 6.92 Å². The van der Waals surface area contributed by atoms with Gasteiger partial charge in [0.15, 0.2) is 0 Å². The normalized spacial score (nSPS) is 13.7. The molecule has 0 aliphatic carbocycles. The van der Waals surface area contributed by atoms with Gasteiger partial charge in [0.25, 0.3) is 0 Å². The second kappa shape index (κ2) is 7.58. The van der Waals surface area contributed by atoms with Crippen LogP contribution in [0.2, 0.25) is 0 Å². The minimum Gasteiger partial charge on any atom is -0.326 e. The Bertz CT molecular complexity index is 591. The minimum atomic E-state index is -3.73. The van der Waals surface area contributed by atoms with Crippen LogP contribution in [0.5, 0.6) is 0 Å². The molecule has 7 heteroatoms. The van der Waals surface area contributed by atoms with E-state index in [4.69, 9.17) is 5.73 Å². The Labute approximate surface area is 131 Å². The second-order valence-electron chi connectivity index (χ2n) is 4.94. The van der Waals surface area contributed by atoms with E-state index in [-0.39, 0.29) is 23.0 Å². The number of nitrogens with zero attached hydrogens (tertiary/aromatic N) is 1. The predicted octanol–water partition coefficient (Wildman–Crippen LogP) is 2.35. The van der Waals surface area contributed by atoms with E-state index >= 15 is 0 Å². The van der Waals surface area contributed by atoms with Crippen molar-refractivity contribution in [1.82, 2.24) is 4.31 Å². The topological polar surface area (TPSA) is 63.4 Å². The van der Waals surface area contributed by atoms with Crippen LogP contribution in [-0.2, 0) is 16.6 Å². The van der Waals surface area contributed by atoms with Crippen LogP contribution in [0.15, 0.2) is 17.0 Å². The van der Waals surface area contributed by atoms with Gasteiger partial charge in [-0.2, -0.15) is 16.1 Å². The van der Waals surface area contributed by atoms with Crippen LogP contribution in [0.3, 0.4) is 0 Å². The third-order valence-electron chi connectivity index (χ3n) is 3.59. The van der Waals surface area contributed by atoms with Gasteiger partial charge in [0.05, 0.1) is 4.90 Å². The third kappa shape index (κ3) is 3.97. The summed E-state index contributed by atoms with van der Waals surface area (Å²) >= 11 is 1.59. The average molecular weight is 334 g/mol. The SMILES string of the molecule is CCC(CSC)N(C)S(=O)(=O)c1cc(CN)cc(F)c1C. The number of nitrogens with two attached hydrogens (primary N) is 1. The molecule has 1 aromatic carbocycles. The van der Waals surface area contributed by atoms with Crippen molar-refractivity contribution in [3.05, 3.63) is 29.1 Å². The number of thioether (sulfide) groups is 1. The highest BCUT2D eigenvalue weighted by atomic mass is 32.2. The van der Waals surface area contributed by atoms with Gasteiger partial charge >= 0.3 is 0 Å². The van der Waals surface area contributed by atoms with E-state index in [9.17, 15) is 12.8 Å². The largest absolute Gasteiger partial charge is 0.326 e. The maximum atomic E-state index is 13.9. The van der Waals surface area contributed by atoms with E-state index in [1.54, 1.807) is 18.8 Å². The van der Waals surface area contributed by atoms with E-state index < -0.39 is 15.8 Å². The van der Waals surface area contributed by atoms with Gasteiger partial charge in [-0.05, 0) is 37.3 Å². The lowest BCUT2D eigenvalue weighted by molar-refractivity contribution is 0.385. The molecule has 4 nitrogen and oxygen atoms in total. The molecule has 0 aromatic heterocycles. The van der Waals surface area contributed by atoms with Crippen LogP contribution in [-0.4, -0.2) is 37.8 Å². The summed E-state index contributed by atoms with van der Waals surface area (Å²) in [7, 11) is -2.19. The quantitative estimate of drug-likeness (QED) is 0.831. The Morgan fingerprint density at radius 3 is 2.52 bits per heavy atom. The van der Waals surface area contributed by atoms with E-state index in [2.05, 4.69) is 0 Å². The second-order valence-corrected chi connectivity index (χ2v) is 7.82. The zero-order valence-corrected chi connectivity index (χ0v) is 14.5. The van der Waals surface area contributed by atoms with Crippen LogP contribution < -0.4 is 5.73 Å². The summed E-state index contributed by atoms with van der Waals surface area (Å²) in [5, 5.41) is 0. The van der Waals surface area contributed by atoms with Crippen LogP contribution in [0.4, 0.5) is 4.39 Å². The first kappa shape index (κ1) is 18.4. The molecular weight excluding hydrogens is 311 g/mol. The van der Waals surface area contributed by atoms with Crippen molar-refractivity contribution in [2.75, 3.05) is 19.1 Å². The van der Waals surface area contributed by atoms with E-state index in [0.717, 1.165) is 0 Å². The number of hydrogen-bond acceptors (Lipinski definition) is 4. The monoisotopic (exact) mass is 334 g/mol. The number of hydrogen-bond donors (Lipinski definition) is 1. The highest BCUT2D eigenvalue weighted by Gasteiger charge is 2.29. The van der Waals surface area contributed by atoms with E-state index in [0.29, 0.717) is 17.7 Å². The van der Waals surface area contributed by atoms with Gasteiger partial charge in [0.2, 0.25) is 10.0 Å². The highest BCUT2D eigenvalue weighted by molar-refractivity contribution is 7.98. The molecule has 0 amide bonds. The molecule has 0 aliphatic rings. The minimum absolute atomic E-state index is 0.00463. The van der Waals surface area contributed by atoms with Crippen LogP contribution in [0.1, 0.15) is 24.5 Å². The summed E-state index contributed by atoms with van der Waals surface area (Å²) in [4.78, 5) is 0.00463. The van der Waals surface area contributed by atoms with Gasteiger partial charge < -0.3 is 5.73 Å². The summed E-state index contributed by atoms with van der Waals surface area (Å²) in [6.07, 6.45) is 2.64. The zero-order chi connectivity index (χ0) is 16.2. The lowest BCUT2D eigenvalue weighted by Crippen LogP contribution is -2.38. The van der Waals surface area contributed by atoms with Crippen LogP contribution in [0.25, 0.3) is 0 Å². The third-order valence-corrected chi connectivity index (χ3v) is 6.35. The molecule has 0 bridgehead atoms. The average Bonchev–Trinajstić information content (AvgIpc) is 2.46. The van der Waals surface area contributed by atoms with Crippen molar-refractivity contribution in [1.29, 1.82) is 0 Å². The van der Waals surface area contributed by atoms with Crippen molar-refractivity contribution >= 4 is 21.8 Å². The number of sulfonamides is 1. The molecule has 0 saturated carbocycles. The molecule has 0 heterocycles. The predicted molar refractivity (Wildman–Crippen MR) is 86.4 cm³/mol. The lowest BCUT2D eigenvalue weighted by Gasteiger charge is -2.27. The van der Waals surface area contributed by atoms with E-state index in [1.165, 1.54) is 23.4 Å². The van der Waals surface area contributed by atoms with Gasteiger partial charge in [-0.3, -0.25) is 0 Å². The van der Waals surface area contributed by atoms with Gasteiger partial charge in [-0.15, -0.1) is 0 Å². The molecule has 0 fully saturated rings. The first-order valence-electron chi connectivity index (χ1n) is 6.75. The van der Waals surface area contributed by atoms with Crippen LogP contribution >= 0.6 is 11.8 Å². The Morgan fingerprint density at radius 1 is 1.43 bits per heavy atom. The fraction of sp³-hybridized carbons (Fsp3) is 0.571. The molecule has 1 unspecified atom stereocenters. The molecule has 120 valence electrons. The molecule has 1 rings (SSSR count). The first-order valence-corrected chi connectivity index (χ1v) is 9.59. The molecule has 21 heavy (non-hydrogen) atoms. The Balaban J connectivity index is 3.33. The number of benzene rings is 1. The fourth-order valence-electron chi connectivity index (χ4n) is 2.12. The van der Waals surface area contributed by atoms with E-state index in [1.807, 2.05) is 13.2 Å². The fourth-order valence-corrected chi connectivity index (χ4v) is 4.77. The Morgan fingerprint density at radius 2 is 2.05 bits per heavy atom. The molecule has 1 aromatic rings. The van der Waals surface area contributed by atoms with Crippen LogP contribution in [0, 0.1) is 12.7 Å². The highest BCUT2D eigenvalue weighted by Crippen LogP contribution is 2.25. The molecule has 0 spiro atoms. The van der Waals surface area contributed by atoms with Gasteiger partial charge in [0, 0.05) is 31.0 Å².